The number of amides is 2. The van der Waals surface area contributed by atoms with Crippen LogP contribution in [0.25, 0.3) is 0 Å². The predicted molar refractivity (Wildman–Crippen MR) is 91.7 cm³/mol. The van der Waals surface area contributed by atoms with Gasteiger partial charge in [-0.3, -0.25) is 9.88 Å². The fourth-order valence-electron chi connectivity index (χ4n) is 2.83. The van der Waals surface area contributed by atoms with Crippen LogP contribution in [-0.2, 0) is 4.74 Å². The molecule has 0 aromatic carbocycles. The van der Waals surface area contributed by atoms with Gasteiger partial charge in [0.1, 0.15) is 0 Å². The molecule has 1 aliphatic rings. The topological polar surface area (TPSA) is 57.7 Å². The number of piperazine rings is 1. The Kier molecular flexibility index (Phi) is 6.80. The van der Waals surface area contributed by atoms with Gasteiger partial charge in [-0.25, -0.2) is 4.79 Å². The Labute approximate surface area is 138 Å². The molecule has 2 heterocycles. The Hall–Kier alpha value is -1.66. The van der Waals surface area contributed by atoms with Gasteiger partial charge < -0.3 is 15.0 Å². The van der Waals surface area contributed by atoms with Gasteiger partial charge in [0.25, 0.3) is 0 Å². The van der Waals surface area contributed by atoms with Gasteiger partial charge in [0.2, 0.25) is 0 Å². The molecule has 2 rings (SSSR count). The second kappa shape index (κ2) is 8.84. The summed E-state index contributed by atoms with van der Waals surface area (Å²) < 4.78 is 5.45. The van der Waals surface area contributed by atoms with E-state index in [9.17, 15) is 4.79 Å². The Balaban J connectivity index is 1.86. The number of anilines is 1. The third-order valence-electron chi connectivity index (χ3n) is 4.25. The zero-order chi connectivity index (χ0) is 16.7. The molecule has 0 saturated carbocycles. The first-order valence-electron chi connectivity index (χ1n) is 8.44. The van der Waals surface area contributed by atoms with Crippen molar-refractivity contribution in [2.45, 2.75) is 33.2 Å². The minimum Gasteiger partial charge on any atom is -0.380 e. The molecule has 1 aliphatic heterocycles. The average molecular weight is 320 g/mol. The number of aromatic nitrogens is 1. The summed E-state index contributed by atoms with van der Waals surface area (Å²) in [6, 6.07) is 4.14. The lowest BCUT2D eigenvalue weighted by Crippen LogP contribution is -2.56. The molecule has 6 heteroatoms. The molecule has 1 fully saturated rings. The van der Waals surface area contributed by atoms with Crippen LogP contribution in [0, 0.1) is 6.92 Å². The smallest absolute Gasteiger partial charge is 0.321 e. The van der Waals surface area contributed by atoms with Crippen molar-refractivity contribution in [3.8, 4) is 0 Å². The molecule has 0 bridgehead atoms. The summed E-state index contributed by atoms with van der Waals surface area (Å²) in [7, 11) is 0. The van der Waals surface area contributed by atoms with Crippen LogP contribution in [0.4, 0.5) is 10.5 Å². The van der Waals surface area contributed by atoms with Crippen molar-refractivity contribution in [3.05, 3.63) is 24.0 Å². The summed E-state index contributed by atoms with van der Waals surface area (Å²) in [6.07, 6.45) is 2.73. The van der Waals surface area contributed by atoms with E-state index in [2.05, 4.69) is 22.1 Å². The Morgan fingerprint density at radius 2 is 2.22 bits per heavy atom. The highest BCUT2D eigenvalue weighted by Crippen LogP contribution is 2.14. The SMILES string of the molecule is CCOCCN1CCN(C(=O)Nc2ccc(C)nc2)C[C@H]1CC. The van der Waals surface area contributed by atoms with Gasteiger partial charge in [0.15, 0.2) is 0 Å². The maximum atomic E-state index is 12.4. The van der Waals surface area contributed by atoms with Gasteiger partial charge in [-0.15, -0.1) is 0 Å². The number of rotatable bonds is 6. The molecule has 0 radical (unpaired) electrons. The lowest BCUT2D eigenvalue weighted by molar-refractivity contribution is 0.0545. The van der Waals surface area contributed by atoms with E-state index in [0.29, 0.717) is 6.04 Å². The first kappa shape index (κ1) is 17.7. The number of urea groups is 1. The van der Waals surface area contributed by atoms with Gasteiger partial charge in [-0.2, -0.15) is 0 Å². The molecule has 0 spiro atoms. The summed E-state index contributed by atoms with van der Waals surface area (Å²) >= 11 is 0. The van der Waals surface area contributed by atoms with Crippen LogP contribution in [0.1, 0.15) is 26.0 Å². The summed E-state index contributed by atoms with van der Waals surface area (Å²) in [5, 5.41) is 2.93. The average Bonchev–Trinajstić information content (AvgIpc) is 2.57. The van der Waals surface area contributed by atoms with Gasteiger partial charge in [-0.1, -0.05) is 6.92 Å². The molecule has 1 saturated heterocycles. The molecule has 1 N–H and O–H groups in total. The number of nitrogens with zero attached hydrogens (tertiary/aromatic N) is 3. The van der Waals surface area contributed by atoms with Crippen molar-refractivity contribution in [2.24, 2.45) is 0 Å². The Morgan fingerprint density at radius 1 is 1.39 bits per heavy atom. The number of carbonyl (C=O) groups excluding carboxylic acids is 1. The number of hydrogen-bond acceptors (Lipinski definition) is 4. The monoisotopic (exact) mass is 320 g/mol. The maximum Gasteiger partial charge on any atom is 0.321 e. The first-order chi connectivity index (χ1) is 11.1. The van der Waals surface area contributed by atoms with E-state index in [4.69, 9.17) is 4.74 Å². The molecule has 0 unspecified atom stereocenters. The van der Waals surface area contributed by atoms with Gasteiger partial charge in [-0.05, 0) is 32.4 Å². The molecule has 1 aromatic heterocycles. The number of carbonyl (C=O) groups is 1. The molecule has 128 valence electrons. The van der Waals surface area contributed by atoms with Crippen molar-refractivity contribution in [1.82, 2.24) is 14.8 Å². The van der Waals surface area contributed by atoms with Crippen LogP contribution in [0.5, 0.6) is 0 Å². The standard InChI is InChI=1S/C17H28N4O2/c1-4-16-13-21(9-8-20(16)10-11-23-5-2)17(22)19-15-7-6-14(3)18-12-15/h6-7,12,16H,4-5,8-11,13H2,1-3H3,(H,19,22)/t16-/m1/s1. The van der Waals surface area contributed by atoms with Crippen LogP contribution in [-0.4, -0.2) is 66.2 Å². The second-order valence-corrected chi connectivity index (χ2v) is 5.86. The molecule has 1 aromatic rings. The number of hydrogen-bond donors (Lipinski definition) is 1. The van der Waals surface area contributed by atoms with Gasteiger partial charge in [0.05, 0.1) is 18.5 Å². The minimum atomic E-state index is -0.0430. The van der Waals surface area contributed by atoms with E-state index >= 15 is 0 Å². The van der Waals surface area contributed by atoms with Crippen LogP contribution >= 0.6 is 0 Å². The maximum absolute atomic E-state index is 12.4. The minimum absolute atomic E-state index is 0.0430. The quantitative estimate of drug-likeness (QED) is 0.818. The lowest BCUT2D eigenvalue weighted by Gasteiger charge is -2.41. The van der Waals surface area contributed by atoms with E-state index in [1.807, 2.05) is 30.9 Å². The highest BCUT2D eigenvalue weighted by Gasteiger charge is 2.28. The number of aryl methyl sites for hydroxylation is 1. The van der Waals surface area contributed by atoms with Crippen molar-refractivity contribution in [2.75, 3.05) is 44.7 Å². The van der Waals surface area contributed by atoms with Crippen molar-refractivity contribution < 1.29 is 9.53 Å². The zero-order valence-electron chi connectivity index (χ0n) is 14.4. The number of nitrogens with one attached hydrogen (secondary N) is 1. The van der Waals surface area contributed by atoms with E-state index in [1.54, 1.807) is 6.20 Å². The Bertz CT molecular complexity index is 492. The number of ether oxygens (including phenoxy) is 1. The highest BCUT2D eigenvalue weighted by molar-refractivity contribution is 5.89. The number of pyridine rings is 1. The second-order valence-electron chi connectivity index (χ2n) is 5.86. The van der Waals surface area contributed by atoms with Gasteiger partial charge >= 0.3 is 6.03 Å². The third-order valence-corrected chi connectivity index (χ3v) is 4.25. The molecule has 0 aliphatic carbocycles. The summed E-state index contributed by atoms with van der Waals surface area (Å²) in [4.78, 5) is 20.9. The molecular formula is C17H28N4O2. The molecule has 6 nitrogen and oxygen atoms in total. The molecule has 1 atom stereocenters. The first-order valence-corrected chi connectivity index (χ1v) is 8.44. The van der Waals surface area contributed by atoms with E-state index in [1.165, 1.54) is 0 Å². The van der Waals surface area contributed by atoms with Crippen LogP contribution in [0.2, 0.25) is 0 Å². The fraction of sp³-hybridized carbons (Fsp3) is 0.647. The summed E-state index contributed by atoms with van der Waals surface area (Å²) in [5.41, 5.74) is 1.68. The van der Waals surface area contributed by atoms with Crippen molar-refractivity contribution in [1.29, 1.82) is 0 Å². The fourth-order valence-corrected chi connectivity index (χ4v) is 2.83. The normalized spacial score (nSPS) is 18.9. The predicted octanol–water partition coefficient (Wildman–Crippen LogP) is 2.35. The van der Waals surface area contributed by atoms with E-state index < -0.39 is 0 Å². The van der Waals surface area contributed by atoms with Crippen LogP contribution in [0.3, 0.4) is 0 Å². The van der Waals surface area contributed by atoms with E-state index in [0.717, 1.165) is 57.2 Å². The highest BCUT2D eigenvalue weighted by atomic mass is 16.5. The lowest BCUT2D eigenvalue weighted by atomic mass is 10.1. The van der Waals surface area contributed by atoms with Gasteiger partial charge in [0, 0.05) is 44.5 Å². The summed E-state index contributed by atoms with van der Waals surface area (Å²) in [6.45, 7) is 11.0. The third kappa shape index (κ3) is 5.18. The largest absolute Gasteiger partial charge is 0.380 e. The van der Waals surface area contributed by atoms with Crippen LogP contribution < -0.4 is 5.32 Å². The van der Waals surface area contributed by atoms with Crippen molar-refractivity contribution in [3.63, 3.8) is 0 Å². The molecular weight excluding hydrogens is 292 g/mol. The Morgan fingerprint density at radius 3 is 2.87 bits per heavy atom. The van der Waals surface area contributed by atoms with Crippen LogP contribution in [0.15, 0.2) is 18.3 Å². The van der Waals surface area contributed by atoms with E-state index in [-0.39, 0.29) is 6.03 Å². The van der Waals surface area contributed by atoms with Crippen molar-refractivity contribution >= 4 is 11.7 Å². The summed E-state index contributed by atoms with van der Waals surface area (Å²) in [5.74, 6) is 0. The molecule has 2 amide bonds. The zero-order valence-corrected chi connectivity index (χ0v) is 14.4. The molecule has 23 heavy (non-hydrogen) atoms.